The van der Waals surface area contributed by atoms with Gasteiger partial charge in [0.2, 0.25) is 0 Å². The van der Waals surface area contributed by atoms with E-state index in [1.165, 1.54) is 10.9 Å². The topological polar surface area (TPSA) is 85.8 Å². The Hall–Kier alpha value is -2.32. The minimum atomic E-state index is -2.71. The molecule has 0 atom stereocenters. The predicted octanol–water partition coefficient (Wildman–Crippen LogP) is 1.74. The number of aromatic nitrogens is 5. The van der Waals surface area contributed by atoms with Crippen molar-refractivity contribution in [3.63, 3.8) is 0 Å². The third-order valence-corrected chi connectivity index (χ3v) is 2.77. The first-order valence-corrected chi connectivity index (χ1v) is 5.88. The maximum absolute atomic E-state index is 12.7. The summed E-state index contributed by atoms with van der Waals surface area (Å²) < 4.78 is 27.5. The van der Waals surface area contributed by atoms with Gasteiger partial charge in [-0.25, -0.2) is 14.5 Å². The number of halogens is 2. The van der Waals surface area contributed by atoms with Crippen LogP contribution in [0.5, 0.6) is 0 Å². The standard InChI is InChI=1S/C11H13F2N5O2/c1-6(2)9-8(10(19)20)15-16-18(9)5-7-14-3-4-17(7)11(12)13/h3-4,6,11H,5H2,1-2H3,(H,19,20). The van der Waals surface area contributed by atoms with E-state index in [9.17, 15) is 13.6 Å². The van der Waals surface area contributed by atoms with Crippen LogP contribution in [0.1, 0.15) is 48.3 Å². The van der Waals surface area contributed by atoms with Gasteiger partial charge in [0.25, 0.3) is 0 Å². The number of aromatic carboxylic acids is 1. The van der Waals surface area contributed by atoms with Crippen LogP contribution in [0.25, 0.3) is 0 Å². The van der Waals surface area contributed by atoms with Crippen LogP contribution in [0.15, 0.2) is 12.4 Å². The molecule has 2 heterocycles. The molecule has 0 saturated carbocycles. The van der Waals surface area contributed by atoms with Crippen molar-refractivity contribution >= 4 is 5.97 Å². The Morgan fingerprint density at radius 3 is 2.70 bits per heavy atom. The lowest BCUT2D eigenvalue weighted by atomic mass is 10.1. The molecule has 0 aliphatic heterocycles. The van der Waals surface area contributed by atoms with Gasteiger partial charge in [0.15, 0.2) is 5.69 Å². The molecule has 0 aliphatic rings. The molecule has 0 radical (unpaired) electrons. The van der Waals surface area contributed by atoms with Gasteiger partial charge in [0.1, 0.15) is 12.4 Å². The summed E-state index contributed by atoms with van der Waals surface area (Å²) in [7, 11) is 0. The van der Waals surface area contributed by atoms with E-state index in [4.69, 9.17) is 5.11 Å². The van der Waals surface area contributed by atoms with Crippen molar-refractivity contribution in [3.8, 4) is 0 Å². The highest BCUT2D eigenvalue weighted by Gasteiger charge is 2.23. The van der Waals surface area contributed by atoms with Gasteiger partial charge in [-0.1, -0.05) is 19.1 Å². The van der Waals surface area contributed by atoms with E-state index in [0.717, 1.165) is 6.20 Å². The normalized spacial score (nSPS) is 11.5. The molecule has 2 aromatic rings. The average Bonchev–Trinajstić information content (AvgIpc) is 2.95. The van der Waals surface area contributed by atoms with Crippen molar-refractivity contribution in [2.45, 2.75) is 32.9 Å². The number of alkyl halides is 2. The van der Waals surface area contributed by atoms with Crippen LogP contribution in [0.3, 0.4) is 0 Å². The molecule has 0 amide bonds. The van der Waals surface area contributed by atoms with E-state index >= 15 is 0 Å². The van der Waals surface area contributed by atoms with E-state index in [0.29, 0.717) is 10.3 Å². The minimum absolute atomic E-state index is 0.0644. The van der Waals surface area contributed by atoms with Crippen molar-refractivity contribution in [3.05, 3.63) is 29.6 Å². The van der Waals surface area contributed by atoms with Gasteiger partial charge in [-0.05, 0) is 5.92 Å². The monoisotopic (exact) mass is 285 g/mol. The van der Waals surface area contributed by atoms with Crippen LogP contribution in [-0.2, 0) is 6.54 Å². The van der Waals surface area contributed by atoms with Gasteiger partial charge in [0.05, 0.1) is 5.69 Å². The Morgan fingerprint density at radius 1 is 1.45 bits per heavy atom. The van der Waals surface area contributed by atoms with Gasteiger partial charge in [-0.3, -0.25) is 4.57 Å². The number of rotatable bonds is 5. The summed E-state index contributed by atoms with van der Waals surface area (Å²) in [6.45, 7) is 0.783. The number of imidazole rings is 1. The maximum Gasteiger partial charge on any atom is 0.358 e. The van der Waals surface area contributed by atoms with E-state index in [1.807, 2.05) is 0 Å². The SMILES string of the molecule is CC(C)c1c(C(=O)O)nnn1Cc1nccn1C(F)F. The van der Waals surface area contributed by atoms with Crippen LogP contribution in [0.4, 0.5) is 8.78 Å². The summed E-state index contributed by atoms with van der Waals surface area (Å²) in [4.78, 5) is 14.9. The summed E-state index contributed by atoms with van der Waals surface area (Å²) in [5.41, 5.74) is 0.205. The molecule has 9 heteroatoms. The lowest BCUT2D eigenvalue weighted by molar-refractivity contribution is 0.0661. The van der Waals surface area contributed by atoms with E-state index in [2.05, 4.69) is 15.3 Å². The lowest BCUT2D eigenvalue weighted by Gasteiger charge is -2.11. The summed E-state index contributed by atoms with van der Waals surface area (Å²) in [6, 6.07) is 0. The zero-order valence-electron chi connectivity index (χ0n) is 10.9. The third kappa shape index (κ3) is 2.51. The second-order valence-electron chi connectivity index (χ2n) is 4.47. The molecular formula is C11H13F2N5O2. The first-order valence-electron chi connectivity index (χ1n) is 5.88. The van der Waals surface area contributed by atoms with Crippen LogP contribution < -0.4 is 0 Å². The highest BCUT2D eigenvalue weighted by atomic mass is 19.3. The van der Waals surface area contributed by atoms with E-state index in [1.54, 1.807) is 13.8 Å². The Bertz CT molecular complexity index is 620. The second kappa shape index (κ2) is 5.35. The second-order valence-corrected chi connectivity index (χ2v) is 4.47. The number of hydrogen-bond donors (Lipinski definition) is 1. The third-order valence-electron chi connectivity index (χ3n) is 2.77. The van der Waals surface area contributed by atoms with E-state index in [-0.39, 0.29) is 24.0 Å². The van der Waals surface area contributed by atoms with Crippen molar-refractivity contribution in [2.24, 2.45) is 0 Å². The van der Waals surface area contributed by atoms with Crippen molar-refractivity contribution < 1.29 is 18.7 Å². The number of carboxylic acid groups (broad SMARTS) is 1. The van der Waals surface area contributed by atoms with Gasteiger partial charge in [-0.2, -0.15) is 8.78 Å². The Balaban J connectivity index is 2.39. The maximum atomic E-state index is 12.7. The largest absolute Gasteiger partial charge is 0.476 e. The fourth-order valence-electron chi connectivity index (χ4n) is 1.94. The highest BCUT2D eigenvalue weighted by molar-refractivity contribution is 5.86. The molecule has 7 nitrogen and oxygen atoms in total. The van der Waals surface area contributed by atoms with Crippen LogP contribution in [0, 0.1) is 0 Å². The van der Waals surface area contributed by atoms with Gasteiger partial charge in [-0.15, -0.1) is 5.10 Å². The zero-order valence-corrected chi connectivity index (χ0v) is 10.9. The fraction of sp³-hybridized carbons (Fsp3) is 0.455. The van der Waals surface area contributed by atoms with Crippen LogP contribution >= 0.6 is 0 Å². The van der Waals surface area contributed by atoms with Gasteiger partial charge >= 0.3 is 12.5 Å². The summed E-state index contributed by atoms with van der Waals surface area (Å²) >= 11 is 0. The molecule has 1 N–H and O–H groups in total. The summed E-state index contributed by atoms with van der Waals surface area (Å²) in [5.74, 6) is -1.27. The Morgan fingerprint density at radius 2 is 2.15 bits per heavy atom. The molecule has 0 fully saturated rings. The molecule has 2 rings (SSSR count). The Labute approximate surface area is 112 Å². The smallest absolute Gasteiger partial charge is 0.358 e. The molecule has 108 valence electrons. The quantitative estimate of drug-likeness (QED) is 0.904. The molecule has 0 saturated heterocycles. The molecule has 0 unspecified atom stereocenters. The summed E-state index contributed by atoms with van der Waals surface area (Å²) in [5, 5.41) is 16.3. The van der Waals surface area contributed by atoms with Crippen molar-refractivity contribution in [1.82, 2.24) is 24.5 Å². The molecule has 0 bridgehead atoms. The van der Waals surface area contributed by atoms with Crippen molar-refractivity contribution in [2.75, 3.05) is 0 Å². The molecule has 0 spiro atoms. The van der Waals surface area contributed by atoms with Crippen LogP contribution in [-0.4, -0.2) is 35.6 Å². The molecule has 20 heavy (non-hydrogen) atoms. The minimum Gasteiger partial charge on any atom is -0.476 e. The highest BCUT2D eigenvalue weighted by Crippen LogP contribution is 2.20. The van der Waals surface area contributed by atoms with Crippen LogP contribution in [0.2, 0.25) is 0 Å². The fourth-order valence-corrected chi connectivity index (χ4v) is 1.94. The average molecular weight is 285 g/mol. The number of nitrogens with zero attached hydrogens (tertiary/aromatic N) is 5. The first-order chi connectivity index (χ1) is 9.41. The first kappa shape index (κ1) is 14.1. The number of carbonyl (C=O) groups is 1. The summed E-state index contributed by atoms with van der Waals surface area (Å²) in [6.07, 6.45) is 2.41. The van der Waals surface area contributed by atoms with Crippen molar-refractivity contribution in [1.29, 1.82) is 0 Å². The molecule has 0 aliphatic carbocycles. The number of hydrogen-bond acceptors (Lipinski definition) is 4. The Kier molecular flexibility index (Phi) is 3.77. The van der Waals surface area contributed by atoms with E-state index < -0.39 is 12.5 Å². The molecular weight excluding hydrogens is 272 g/mol. The number of carboxylic acids is 1. The van der Waals surface area contributed by atoms with Gasteiger partial charge in [0, 0.05) is 12.4 Å². The lowest BCUT2D eigenvalue weighted by Crippen LogP contribution is -2.14. The molecule has 0 aromatic carbocycles. The predicted molar refractivity (Wildman–Crippen MR) is 63.7 cm³/mol. The molecule has 2 aromatic heterocycles. The van der Waals surface area contributed by atoms with Gasteiger partial charge < -0.3 is 5.11 Å². The zero-order chi connectivity index (χ0) is 14.9.